The number of rotatable bonds is 7. The molecule has 1 aromatic carbocycles. The quantitative estimate of drug-likeness (QED) is 0.572. The third-order valence-corrected chi connectivity index (χ3v) is 2.27. The third-order valence-electron chi connectivity index (χ3n) is 2.27. The fraction of sp³-hybridized carbons (Fsp3) is 0.417. The molecule has 1 amide bonds. The molecule has 106 valence electrons. The highest BCUT2D eigenvalue weighted by Crippen LogP contribution is 2.15. The SMILES string of the molecule is O=C(Cc1ccc(F)c(F)c1F)NCCOCCO. The molecule has 0 radical (unpaired) electrons. The van der Waals surface area contributed by atoms with Crippen molar-refractivity contribution in [3.63, 3.8) is 0 Å². The summed E-state index contributed by atoms with van der Waals surface area (Å²) >= 11 is 0. The summed E-state index contributed by atoms with van der Waals surface area (Å²) in [5.41, 5.74) is -0.215. The number of nitrogens with one attached hydrogen (secondary N) is 1. The van der Waals surface area contributed by atoms with Gasteiger partial charge in [-0.25, -0.2) is 13.2 Å². The Hall–Kier alpha value is -1.60. The Kier molecular flexibility index (Phi) is 6.31. The van der Waals surface area contributed by atoms with Crippen molar-refractivity contribution < 1.29 is 27.8 Å². The minimum atomic E-state index is -1.59. The molecule has 0 spiro atoms. The zero-order valence-corrected chi connectivity index (χ0v) is 10.1. The maximum Gasteiger partial charge on any atom is 0.224 e. The smallest absolute Gasteiger partial charge is 0.224 e. The van der Waals surface area contributed by atoms with Gasteiger partial charge in [-0.1, -0.05) is 6.07 Å². The summed E-state index contributed by atoms with van der Waals surface area (Å²) in [6, 6.07) is 1.79. The van der Waals surface area contributed by atoms with Crippen LogP contribution in [0.4, 0.5) is 13.2 Å². The second-order valence-corrected chi connectivity index (χ2v) is 3.70. The number of carbonyl (C=O) groups is 1. The first-order valence-electron chi connectivity index (χ1n) is 5.64. The maximum atomic E-state index is 13.3. The largest absolute Gasteiger partial charge is 0.394 e. The molecule has 0 atom stereocenters. The normalized spacial score (nSPS) is 10.5. The highest BCUT2D eigenvalue weighted by atomic mass is 19.2. The number of halogens is 3. The highest BCUT2D eigenvalue weighted by Gasteiger charge is 2.15. The Morgan fingerprint density at radius 2 is 1.95 bits per heavy atom. The molecule has 1 aromatic rings. The average Bonchev–Trinajstić information content (AvgIpc) is 2.39. The van der Waals surface area contributed by atoms with Crippen LogP contribution in [-0.4, -0.2) is 37.4 Å². The summed E-state index contributed by atoms with van der Waals surface area (Å²) in [4.78, 5) is 11.4. The summed E-state index contributed by atoms with van der Waals surface area (Å²) in [7, 11) is 0. The van der Waals surface area contributed by atoms with Crippen LogP contribution in [0.5, 0.6) is 0 Å². The second-order valence-electron chi connectivity index (χ2n) is 3.70. The molecule has 0 aliphatic heterocycles. The van der Waals surface area contributed by atoms with E-state index in [0.717, 1.165) is 12.1 Å². The lowest BCUT2D eigenvalue weighted by Crippen LogP contribution is -2.29. The van der Waals surface area contributed by atoms with Gasteiger partial charge < -0.3 is 15.2 Å². The van der Waals surface area contributed by atoms with Crippen molar-refractivity contribution in [2.45, 2.75) is 6.42 Å². The van der Waals surface area contributed by atoms with Crippen LogP contribution >= 0.6 is 0 Å². The van der Waals surface area contributed by atoms with E-state index in [1.54, 1.807) is 0 Å². The van der Waals surface area contributed by atoms with Gasteiger partial charge in [0.2, 0.25) is 5.91 Å². The molecule has 0 fully saturated rings. The number of ether oxygens (including phenoxy) is 1. The van der Waals surface area contributed by atoms with Crippen LogP contribution in [-0.2, 0) is 16.0 Å². The molecule has 0 saturated heterocycles. The number of hydrogen-bond acceptors (Lipinski definition) is 3. The van der Waals surface area contributed by atoms with Crippen molar-refractivity contribution in [1.82, 2.24) is 5.32 Å². The van der Waals surface area contributed by atoms with Crippen LogP contribution in [0.2, 0.25) is 0 Å². The summed E-state index contributed by atoms with van der Waals surface area (Å²) in [5.74, 6) is -4.76. The fourth-order valence-electron chi connectivity index (χ4n) is 1.37. The second kappa shape index (κ2) is 7.75. The van der Waals surface area contributed by atoms with E-state index in [1.165, 1.54) is 0 Å². The molecule has 0 saturated carbocycles. The van der Waals surface area contributed by atoms with Gasteiger partial charge in [-0.05, 0) is 6.07 Å². The van der Waals surface area contributed by atoms with Crippen molar-refractivity contribution in [1.29, 1.82) is 0 Å². The van der Waals surface area contributed by atoms with Crippen molar-refractivity contribution in [3.8, 4) is 0 Å². The number of aliphatic hydroxyl groups is 1. The van der Waals surface area contributed by atoms with Gasteiger partial charge >= 0.3 is 0 Å². The summed E-state index contributed by atoms with van der Waals surface area (Å²) in [6.45, 7) is 0.429. The van der Waals surface area contributed by atoms with Crippen molar-refractivity contribution >= 4 is 5.91 Å². The number of amides is 1. The molecular weight excluding hydrogens is 263 g/mol. The van der Waals surface area contributed by atoms with E-state index in [2.05, 4.69) is 5.32 Å². The molecule has 0 bridgehead atoms. The van der Waals surface area contributed by atoms with Crippen LogP contribution in [0.15, 0.2) is 12.1 Å². The molecule has 0 unspecified atom stereocenters. The molecule has 19 heavy (non-hydrogen) atoms. The Balaban J connectivity index is 2.42. The molecule has 0 aromatic heterocycles. The summed E-state index contributed by atoms with van der Waals surface area (Å²) in [5, 5.41) is 10.9. The Morgan fingerprint density at radius 3 is 2.63 bits per heavy atom. The first kappa shape index (κ1) is 15.5. The lowest BCUT2D eigenvalue weighted by Gasteiger charge is -2.07. The van der Waals surface area contributed by atoms with E-state index in [4.69, 9.17) is 9.84 Å². The van der Waals surface area contributed by atoms with Crippen LogP contribution < -0.4 is 5.32 Å². The van der Waals surface area contributed by atoms with Crippen LogP contribution in [0, 0.1) is 17.5 Å². The van der Waals surface area contributed by atoms with Crippen molar-refractivity contribution in [3.05, 3.63) is 35.1 Å². The third kappa shape index (κ3) is 4.88. The van der Waals surface area contributed by atoms with E-state index < -0.39 is 23.4 Å². The van der Waals surface area contributed by atoms with Crippen molar-refractivity contribution in [2.24, 2.45) is 0 Å². The standard InChI is InChI=1S/C12H14F3NO3/c13-9-2-1-8(11(14)12(9)15)7-10(18)16-3-5-19-6-4-17/h1-2,17H,3-7H2,(H,16,18). The van der Waals surface area contributed by atoms with Gasteiger partial charge in [-0.3, -0.25) is 4.79 Å². The lowest BCUT2D eigenvalue weighted by molar-refractivity contribution is -0.120. The fourth-order valence-corrected chi connectivity index (χ4v) is 1.37. The Bertz CT molecular complexity index is 440. The monoisotopic (exact) mass is 277 g/mol. The van der Waals surface area contributed by atoms with Crippen LogP contribution in [0.3, 0.4) is 0 Å². The van der Waals surface area contributed by atoms with Gasteiger partial charge in [0.15, 0.2) is 17.5 Å². The Morgan fingerprint density at radius 1 is 1.21 bits per heavy atom. The zero-order chi connectivity index (χ0) is 14.3. The van der Waals surface area contributed by atoms with Gasteiger partial charge in [0, 0.05) is 12.1 Å². The molecule has 2 N–H and O–H groups in total. The molecule has 1 rings (SSSR count). The molecule has 0 aliphatic carbocycles. The summed E-state index contributed by atoms with van der Waals surface area (Å²) < 4.78 is 43.7. The van der Waals surface area contributed by atoms with Crippen LogP contribution in [0.1, 0.15) is 5.56 Å². The van der Waals surface area contributed by atoms with Gasteiger partial charge in [0.1, 0.15) is 0 Å². The van der Waals surface area contributed by atoms with E-state index >= 15 is 0 Å². The minimum absolute atomic E-state index is 0.117. The molecule has 0 heterocycles. The predicted molar refractivity (Wildman–Crippen MR) is 60.9 cm³/mol. The van der Waals surface area contributed by atoms with Gasteiger partial charge in [0.05, 0.1) is 26.2 Å². The van der Waals surface area contributed by atoms with E-state index in [0.29, 0.717) is 0 Å². The molecule has 7 heteroatoms. The zero-order valence-electron chi connectivity index (χ0n) is 10.1. The first-order valence-corrected chi connectivity index (χ1v) is 5.64. The molecule has 4 nitrogen and oxygen atoms in total. The highest BCUT2D eigenvalue weighted by molar-refractivity contribution is 5.78. The number of benzene rings is 1. The maximum absolute atomic E-state index is 13.3. The van der Waals surface area contributed by atoms with E-state index in [1.807, 2.05) is 0 Å². The first-order chi connectivity index (χ1) is 9.06. The van der Waals surface area contributed by atoms with E-state index in [-0.39, 0.29) is 38.3 Å². The topological polar surface area (TPSA) is 58.6 Å². The Labute approximate surface area is 108 Å². The predicted octanol–water partition coefficient (Wildman–Crippen LogP) is 0.772. The lowest BCUT2D eigenvalue weighted by atomic mass is 10.1. The van der Waals surface area contributed by atoms with E-state index in [9.17, 15) is 18.0 Å². The molecule has 0 aliphatic rings. The van der Waals surface area contributed by atoms with Crippen molar-refractivity contribution in [2.75, 3.05) is 26.4 Å². The van der Waals surface area contributed by atoms with Crippen LogP contribution in [0.25, 0.3) is 0 Å². The van der Waals surface area contributed by atoms with Gasteiger partial charge in [0.25, 0.3) is 0 Å². The number of carbonyl (C=O) groups excluding carboxylic acids is 1. The average molecular weight is 277 g/mol. The summed E-state index contributed by atoms with van der Waals surface area (Å²) in [6.07, 6.45) is -0.386. The van der Waals surface area contributed by atoms with Gasteiger partial charge in [-0.15, -0.1) is 0 Å². The van der Waals surface area contributed by atoms with Gasteiger partial charge in [-0.2, -0.15) is 0 Å². The number of hydrogen-bond donors (Lipinski definition) is 2. The minimum Gasteiger partial charge on any atom is -0.394 e. The molecular formula is C12H14F3NO3. The number of aliphatic hydroxyl groups excluding tert-OH is 1.